The Kier molecular flexibility index (Phi) is 5.03. The highest BCUT2D eigenvalue weighted by molar-refractivity contribution is 6.02. The fraction of sp³-hybridized carbons (Fsp3) is 0.389. The van der Waals surface area contributed by atoms with E-state index in [0.717, 1.165) is 25.2 Å². The lowest BCUT2D eigenvalue weighted by atomic mass is 10.0. The average molecular weight is 328 g/mol. The number of nitrogens with zero attached hydrogens (tertiary/aromatic N) is 3. The van der Waals surface area contributed by atoms with Gasteiger partial charge in [-0.15, -0.1) is 10.2 Å². The molecule has 2 aromatic rings. The van der Waals surface area contributed by atoms with Crippen molar-refractivity contribution in [2.75, 3.05) is 16.8 Å². The third kappa shape index (κ3) is 3.69. The molecule has 1 aliphatic heterocycles. The van der Waals surface area contributed by atoms with Crippen LogP contribution in [0.1, 0.15) is 43.1 Å². The molecule has 5 nitrogen and oxygen atoms in total. The first-order valence-corrected chi connectivity index (χ1v) is 8.34. The number of hydrogen-bond acceptors (Lipinski definition) is 4. The second-order valence-corrected chi connectivity index (χ2v) is 5.99. The number of hydrogen-bond donors (Lipinski definition) is 1. The van der Waals surface area contributed by atoms with E-state index in [2.05, 4.69) is 27.3 Å². The van der Waals surface area contributed by atoms with Gasteiger partial charge in [0.15, 0.2) is 11.5 Å². The van der Waals surface area contributed by atoms with E-state index < -0.39 is 11.7 Å². The van der Waals surface area contributed by atoms with Gasteiger partial charge in [-0.1, -0.05) is 13.0 Å². The van der Waals surface area contributed by atoms with Crippen LogP contribution in [0.15, 0.2) is 36.4 Å². The van der Waals surface area contributed by atoms with Crippen LogP contribution in [0.2, 0.25) is 0 Å². The Balaban J connectivity index is 1.70. The minimum atomic E-state index is -0.398. The molecule has 1 unspecified atom stereocenters. The lowest BCUT2D eigenvalue weighted by Gasteiger charge is -2.35. The molecule has 0 spiro atoms. The van der Waals surface area contributed by atoms with Crippen molar-refractivity contribution in [2.45, 2.75) is 38.6 Å². The summed E-state index contributed by atoms with van der Waals surface area (Å²) in [7, 11) is 0. The maximum atomic E-state index is 13.2. The molecule has 0 aliphatic carbocycles. The van der Waals surface area contributed by atoms with Gasteiger partial charge < -0.3 is 10.2 Å². The summed E-state index contributed by atoms with van der Waals surface area (Å²) in [4.78, 5) is 14.5. The zero-order valence-electron chi connectivity index (χ0n) is 13.7. The van der Waals surface area contributed by atoms with Crippen LogP contribution in [0.25, 0.3) is 0 Å². The van der Waals surface area contributed by atoms with Gasteiger partial charge in [0.05, 0.1) is 0 Å². The van der Waals surface area contributed by atoms with Crippen LogP contribution in [0.5, 0.6) is 0 Å². The van der Waals surface area contributed by atoms with Gasteiger partial charge in [-0.25, -0.2) is 4.39 Å². The number of piperidine rings is 1. The van der Waals surface area contributed by atoms with Crippen molar-refractivity contribution >= 4 is 17.4 Å². The van der Waals surface area contributed by atoms with E-state index in [4.69, 9.17) is 0 Å². The molecule has 0 saturated carbocycles. The molecule has 1 aromatic carbocycles. The summed E-state index contributed by atoms with van der Waals surface area (Å²) < 4.78 is 13.2. The highest BCUT2D eigenvalue weighted by Crippen LogP contribution is 2.24. The van der Waals surface area contributed by atoms with E-state index in [9.17, 15) is 9.18 Å². The fourth-order valence-corrected chi connectivity index (χ4v) is 3.09. The molecule has 126 valence electrons. The Labute approximate surface area is 140 Å². The van der Waals surface area contributed by atoms with Gasteiger partial charge in [-0.05, 0) is 56.0 Å². The number of carbonyl (C=O) groups is 1. The molecule has 3 rings (SSSR count). The first-order valence-electron chi connectivity index (χ1n) is 8.34. The molecule has 1 amide bonds. The molecule has 1 saturated heterocycles. The number of anilines is 2. The average Bonchev–Trinajstić information content (AvgIpc) is 2.62. The summed E-state index contributed by atoms with van der Waals surface area (Å²) in [6.45, 7) is 3.15. The monoisotopic (exact) mass is 328 g/mol. The largest absolute Gasteiger partial charge is 0.352 e. The van der Waals surface area contributed by atoms with E-state index >= 15 is 0 Å². The van der Waals surface area contributed by atoms with Gasteiger partial charge in [-0.2, -0.15) is 0 Å². The summed E-state index contributed by atoms with van der Waals surface area (Å²) in [5, 5.41) is 10.9. The lowest BCUT2D eigenvalue weighted by molar-refractivity contribution is 0.102. The summed E-state index contributed by atoms with van der Waals surface area (Å²) in [5.41, 5.74) is 0.612. The second-order valence-electron chi connectivity index (χ2n) is 5.99. The first-order chi connectivity index (χ1) is 11.7. The van der Waals surface area contributed by atoms with Crippen LogP contribution < -0.4 is 10.2 Å². The maximum Gasteiger partial charge on any atom is 0.276 e. The number of rotatable bonds is 4. The topological polar surface area (TPSA) is 58.1 Å². The predicted octanol–water partition coefficient (Wildman–Crippen LogP) is 3.64. The van der Waals surface area contributed by atoms with Crippen molar-refractivity contribution in [1.29, 1.82) is 0 Å². The summed E-state index contributed by atoms with van der Waals surface area (Å²) in [6.07, 6.45) is 4.64. The summed E-state index contributed by atoms with van der Waals surface area (Å²) in [6, 6.07) is 9.75. The zero-order valence-corrected chi connectivity index (χ0v) is 13.7. The lowest BCUT2D eigenvalue weighted by Crippen LogP contribution is -2.39. The van der Waals surface area contributed by atoms with Gasteiger partial charge in [0, 0.05) is 18.3 Å². The first kappa shape index (κ1) is 16.4. The fourth-order valence-electron chi connectivity index (χ4n) is 3.09. The van der Waals surface area contributed by atoms with E-state index in [1.54, 1.807) is 18.2 Å². The maximum absolute atomic E-state index is 13.2. The molecular formula is C18H21FN4O. The highest BCUT2D eigenvalue weighted by atomic mass is 19.1. The number of amides is 1. The quantitative estimate of drug-likeness (QED) is 0.931. The Hall–Kier alpha value is -2.50. The molecule has 1 atom stereocenters. The van der Waals surface area contributed by atoms with Crippen molar-refractivity contribution in [2.24, 2.45) is 0 Å². The second kappa shape index (κ2) is 7.38. The Morgan fingerprint density at radius 1 is 1.29 bits per heavy atom. The van der Waals surface area contributed by atoms with Gasteiger partial charge in [0.2, 0.25) is 0 Å². The smallest absolute Gasteiger partial charge is 0.276 e. The summed E-state index contributed by atoms with van der Waals surface area (Å²) in [5.74, 6) is 0.0131. The number of halogens is 1. The third-order valence-corrected chi connectivity index (χ3v) is 4.36. The molecule has 2 heterocycles. The van der Waals surface area contributed by atoms with E-state index in [1.165, 1.54) is 25.0 Å². The molecule has 6 heteroatoms. The van der Waals surface area contributed by atoms with Gasteiger partial charge in [0.25, 0.3) is 5.91 Å². The number of carbonyl (C=O) groups excluding carboxylic acids is 1. The summed E-state index contributed by atoms with van der Waals surface area (Å²) >= 11 is 0. The van der Waals surface area contributed by atoms with E-state index in [-0.39, 0.29) is 5.69 Å². The minimum absolute atomic E-state index is 0.216. The van der Waals surface area contributed by atoms with Crippen LogP contribution in [0.3, 0.4) is 0 Å². The van der Waals surface area contributed by atoms with Crippen LogP contribution in [-0.4, -0.2) is 28.7 Å². The molecule has 1 aliphatic rings. The van der Waals surface area contributed by atoms with E-state index in [0.29, 0.717) is 11.7 Å². The normalized spacial score (nSPS) is 17.6. The molecule has 1 N–H and O–H groups in total. The highest BCUT2D eigenvalue weighted by Gasteiger charge is 2.22. The number of benzene rings is 1. The van der Waals surface area contributed by atoms with Crippen molar-refractivity contribution in [3.05, 3.63) is 47.9 Å². The molecular weight excluding hydrogens is 307 g/mol. The Morgan fingerprint density at radius 2 is 2.17 bits per heavy atom. The molecule has 0 bridgehead atoms. The molecule has 0 radical (unpaired) electrons. The standard InChI is InChI=1S/C18H21FN4O/c1-2-15-8-3-4-11-23(15)17-10-9-16(21-22-17)18(24)20-14-7-5-6-13(19)12-14/h5-7,9-10,12,15H,2-4,8,11H2,1H3,(H,20,24). The minimum Gasteiger partial charge on any atom is -0.352 e. The molecule has 1 fully saturated rings. The van der Waals surface area contributed by atoms with Crippen molar-refractivity contribution < 1.29 is 9.18 Å². The molecule has 1 aromatic heterocycles. The predicted molar refractivity (Wildman–Crippen MR) is 91.7 cm³/mol. The van der Waals surface area contributed by atoms with Crippen LogP contribution >= 0.6 is 0 Å². The van der Waals surface area contributed by atoms with Crippen molar-refractivity contribution in [1.82, 2.24) is 10.2 Å². The Morgan fingerprint density at radius 3 is 2.88 bits per heavy atom. The van der Waals surface area contributed by atoms with Gasteiger partial charge in [0.1, 0.15) is 5.82 Å². The van der Waals surface area contributed by atoms with Crippen molar-refractivity contribution in [3.63, 3.8) is 0 Å². The van der Waals surface area contributed by atoms with E-state index in [1.807, 2.05) is 6.07 Å². The third-order valence-electron chi connectivity index (χ3n) is 4.36. The Bertz CT molecular complexity index is 704. The van der Waals surface area contributed by atoms with Crippen LogP contribution in [-0.2, 0) is 0 Å². The van der Waals surface area contributed by atoms with Gasteiger partial charge >= 0.3 is 0 Å². The number of nitrogens with one attached hydrogen (secondary N) is 1. The molecule has 24 heavy (non-hydrogen) atoms. The zero-order chi connectivity index (χ0) is 16.9. The van der Waals surface area contributed by atoms with Crippen LogP contribution in [0.4, 0.5) is 15.9 Å². The van der Waals surface area contributed by atoms with Crippen LogP contribution in [0, 0.1) is 5.82 Å². The number of aromatic nitrogens is 2. The SMILES string of the molecule is CCC1CCCCN1c1ccc(C(=O)Nc2cccc(F)c2)nn1. The van der Waals surface area contributed by atoms with Gasteiger partial charge in [-0.3, -0.25) is 4.79 Å². The van der Waals surface area contributed by atoms with Crippen molar-refractivity contribution in [3.8, 4) is 0 Å².